The van der Waals surface area contributed by atoms with Gasteiger partial charge in [0.25, 0.3) is 0 Å². The summed E-state index contributed by atoms with van der Waals surface area (Å²) in [7, 11) is 1.64. The summed E-state index contributed by atoms with van der Waals surface area (Å²) in [4.78, 5) is 12.0. The fourth-order valence-corrected chi connectivity index (χ4v) is 2.10. The Bertz CT molecular complexity index is 399. The second kappa shape index (κ2) is 7.04. The molecule has 0 saturated carbocycles. The van der Waals surface area contributed by atoms with E-state index in [0.29, 0.717) is 6.61 Å². The van der Waals surface area contributed by atoms with Crippen LogP contribution in [0.25, 0.3) is 0 Å². The molecule has 0 saturated heterocycles. The van der Waals surface area contributed by atoms with Crippen LogP contribution < -0.4 is 4.74 Å². The van der Waals surface area contributed by atoms with Crippen LogP contribution in [0.4, 0.5) is 0 Å². The molecule has 0 aromatic heterocycles. The van der Waals surface area contributed by atoms with Gasteiger partial charge in [-0.2, -0.15) is 0 Å². The van der Waals surface area contributed by atoms with Crippen molar-refractivity contribution in [2.45, 2.75) is 39.5 Å². The molecule has 1 rings (SSSR count). The van der Waals surface area contributed by atoms with Crippen molar-refractivity contribution in [3.05, 3.63) is 29.3 Å². The van der Waals surface area contributed by atoms with E-state index < -0.39 is 0 Å². The number of carbonyl (C=O) groups excluding carboxylic acids is 1. The molecule has 0 aliphatic carbocycles. The summed E-state index contributed by atoms with van der Waals surface area (Å²) < 4.78 is 10.3. The first kappa shape index (κ1) is 14.6. The van der Waals surface area contributed by atoms with Gasteiger partial charge in [-0.15, -0.1) is 0 Å². The molecule has 18 heavy (non-hydrogen) atoms. The molecule has 0 bridgehead atoms. The summed E-state index contributed by atoms with van der Waals surface area (Å²) in [6, 6.07) is 5.81. The summed E-state index contributed by atoms with van der Waals surface area (Å²) >= 11 is 0. The van der Waals surface area contributed by atoms with Crippen LogP contribution in [0.15, 0.2) is 18.2 Å². The number of hydrogen-bond donors (Lipinski definition) is 0. The number of ether oxygens (including phenoxy) is 2. The van der Waals surface area contributed by atoms with Gasteiger partial charge in [-0.1, -0.05) is 19.4 Å². The van der Waals surface area contributed by atoms with Crippen LogP contribution in [0.2, 0.25) is 0 Å². The summed E-state index contributed by atoms with van der Waals surface area (Å²) in [5.74, 6) is 0.517. The van der Waals surface area contributed by atoms with E-state index >= 15 is 0 Å². The van der Waals surface area contributed by atoms with Gasteiger partial charge in [0.15, 0.2) is 0 Å². The molecular weight excluding hydrogens is 228 g/mol. The quantitative estimate of drug-likeness (QED) is 0.725. The van der Waals surface area contributed by atoms with Crippen molar-refractivity contribution in [3.63, 3.8) is 0 Å². The fourth-order valence-electron chi connectivity index (χ4n) is 2.10. The van der Waals surface area contributed by atoms with E-state index in [1.54, 1.807) is 7.11 Å². The minimum Gasteiger partial charge on any atom is -0.497 e. The van der Waals surface area contributed by atoms with Crippen molar-refractivity contribution in [3.8, 4) is 5.75 Å². The lowest BCUT2D eigenvalue weighted by Gasteiger charge is -2.18. The Morgan fingerprint density at radius 3 is 2.56 bits per heavy atom. The highest BCUT2D eigenvalue weighted by atomic mass is 16.5. The van der Waals surface area contributed by atoms with Gasteiger partial charge < -0.3 is 9.47 Å². The van der Waals surface area contributed by atoms with Gasteiger partial charge in [0.2, 0.25) is 0 Å². The maximum atomic E-state index is 12.0. The lowest BCUT2D eigenvalue weighted by atomic mass is 9.91. The van der Waals surface area contributed by atoms with E-state index in [1.165, 1.54) is 0 Å². The molecule has 3 nitrogen and oxygen atoms in total. The predicted molar refractivity (Wildman–Crippen MR) is 72.0 cm³/mol. The van der Waals surface area contributed by atoms with Crippen molar-refractivity contribution in [1.82, 2.24) is 0 Å². The molecule has 0 fully saturated rings. The molecule has 0 aliphatic heterocycles. The Labute approximate surface area is 109 Å². The molecule has 0 aliphatic rings. The number of esters is 1. The predicted octanol–water partition coefficient (Wildman–Crippen LogP) is 3.45. The van der Waals surface area contributed by atoms with Gasteiger partial charge in [-0.25, -0.2) is 0 Å². The van der Waals surface area contributed by atoms with E-state index in [0.717, 1.165) is 29.7 Å². The molecule has 1 aromatic rings. The van der Waals surface area contributed by atoms with Crippen LogP contribution in [-0.4, -0.2) is 19.7 Å². The van der Waals surface area contributed by atoms with Crippen LogP contribution in [0, 0.1) is 6.92 Å². The van der Waals surface area contributed by atoms with Gasteiger partial charge in [0.05, 0.1) is 19.6 Å². The molecule has 0 radical (unpaired) electrons. The highest BCUT2D eigenvalue weighted by Gasteiger charge is 2.22. The minimum atomic E-state index is -0.166. The van der Waals surface area contributed by atoms with Crippen LogP contribution in [0.3, 0.4) is 0 Å². The number of hydrogen-bond acceptors (Lipinski definition) is 3. The number of benzene rings is 1. The highest BCUT2D eigenvalue weighted by Crippen LogP contribution is 2.28. The second-order valence-corrected chi connectivity index (χ2v) is 4.32. The Hall–Kier alpha value is -1.51. The zero-order chi connectivity index (χ0) is 13.5. The van der Waals surface area contributed by atoms with Gasteiger partial charge >= 0.3 is 5.97 Å². The first-order valence-corrected chi connectivity index (χ1v) is 6.45. The number of aryl methyl sites for hydroxylation is 1. The molecule has 1 aromatic carbocycles. The Balaban J connectivity index is 3.01. The number of rotatable bonds is 6. The lowest BCUT2D eigenvalue weighted by molar-refractivity contribution is -0.145. The summed E-state index contributed by atoms with van der Waals surface area (Å²) in [5, 5.41) is 0. The third-order valence-electron chi connectivity index (χ3n) is 3.00. The molecule has 1 unspecified atom stereocenters. The smallest absolute Gasteiger partial charge is 0.313 e. The van der Waals surface area contributed by atoms with Crippen LogP contribution in [0.1, 0.15) is 43.7 Å². The maximum Gasteiger partial charge on any atom is 0.313 e. The molecule has 0 N–H and O–H groups in total. The van der Waals surface area contributed by atoms with Crippen molar-refractivity contribution >= 4 is 5.97 Å². The van der Waals surface area contributed by atoms with Gasteiger partial charge in [-0.3, -0.25) is 4.79 Å². The molecule has 100 valence electrons. The Morgan fingerprint density at radius 1 is 1.33 bits per heavy atom. The summed E-state index contributed by atoms with van der Waals surface area (Å²) in [5.41, 5.74) is 2.11. The Morgan fingerprint density at radius 2 is 2.06 bits per heavy atom. The highest BCUT2D eigenvalue weighted by molar-refractivity contribution is 5.78. The third-order valence-corrected chi connectivity index (χ3v) is 3.00. The van der Waals surface area contributed by atoms with Gasteiger partial charge in [0, 0.05) is 0 Å². The van der Waals surface area contributed by atoms with E-state index in [1.807, 2.05) is 32.0 Å². The fraction of sp³-hybridized carbons (Fsp3) is 0.533. The summed E-state index contributed by atoms with van der Waals surface area (Å²) in [6.07, 6.45) is 1.76. The third kappa shape index (κ3) is 3.49. The van der Waals surface area contributed by atoms with Crippen LogP contribution in [-0.2, 0) is 9.53 Å². The molecule has 0 spiro atoms. The zero-order valence-corrected chi connectivity index (χ0v) is 11.7. The zero-order valence-electron chi connectivity index (χ0n) is 11.7. The molecule has 1 atom stereocenters. The molecule has 0 amide bonds. The Kier molecular flexibility index (Phi) is 5.69. The number of methoxy groups -OCH3 is 1. The van der Waals surface area contributed by atoms with Crippen molar-refractivity contribution < 1.29 is 14.3 Å². The average molecular weight is 250 g/mol. The van der Waals surface area contributed by atoms with E-state index in [-0.39, 0.29) is 11.9 Å². The topological polar surface area (TPSA) is 35.5 Å². The van der Waals surface area contributed by atoms with Crippen molar-refractivity contribution in [2.75, 3.05) is 13.7 Å². The molecule has 0 heterocycles. The first-order chi connectivity index (χ1) is 8.63. The van der Waals surface area contributed by atoms with Gasteiger partial charge in [-0.05, 0) is 43.5 Å². The monoisotopic (exact) mass is 250 g/mol. The molecule has 3 heteroatoms. The number of carbonyl (C=O) groups is 1. The first-order valence-electron chi connectivity index (χ1n) is 6.45. The maximum absolute atomic E-state index is 12.0. The summed E-state index contributed by atoms with van der Waals surface area (Å²) in [6.45, 7) is 6.33. The van der Waals surface area contributed by atoms with Crippen LogP contribution >= 0.6 is 0 Å². The van der Waals surface area contributed by atoms with Gasteiger partial charge in [0.1, 0.15) is 5.75 Å². The van der Waals surface area contributed by atoms with Crippen molar-refractivity contribution in [2.24, 2.45) is 0 Å². The largest absolute Gasteiger partial charge is 0.497 e. The second-order valence-electron chi connectivity index (χ2n) is 4.32. The normalized spacial score (nSPS) is 12.0. The SMILES string of the molecule is CCCC(C(=O)OCC)c1ccc(OC)cc1C. The lowest BCUT2D eigenvalue weighted by Crippen LogP contribution is -2.17. The van der Waals surface area contributed by atoms with E-state index in [9.17, 15) is 4.79 Å². The standard InChI is InChI=1S/C15H22O3/c1-5-7-14(15(16)18-6-2)13-9-8-12(17-4)10-11(13)3/h8-10,14H,5-7H2,1-4H3. The average Bonchev–Trinajstić information content (AvgIpc) is 2.36. The van der Waals surface area contributed by atoms with Crippen LogP contribution in [0.5, 0.6) is 5.75 Å². The van der Waals surface area contributed by atoms with E-state index in [2.05, 4.69) is 6.92 Å². The molecular formula is C15H22O3. The minimum absolute atomic E-state index is 0.132. The van der Waals surface area contributed by atoms with E-state index in [4.69, 9.17) is 9.47 Å². The van der Waals surface area contributed by atoms with Crippen molar-refractivity contribution in [1.29, 1.82) is 0 Å².